The Kier molecular flexibility index (Phi) is 6.59. The Morgan fingerprint density at radius 1 is 1.00 bits per heavy atom. The Morgan fingerprint density at radius 2 is 1.72 bits per heavy atom. The van der Waals surface area contributed by atoms with Crippen molar-refractivity contribution in [3.8, 4) is 11.5 Å². The lowest BCUT2D eigenvalue weighted by atomic mass is 10.1. The molecule has 0 unspecified atom stereocenters. The van der Waals surface area contributed by atoms with Gasteiger partial charge < -0.3 is 19.3 Å². The second-order valence-corrected chi connectivity index (χ2v) is 7.97. The highest BCUT2D eigenvalue weighted by Crippen LogP contribution is 2.27. The van der Waals surface area contributed by atoms with E-state index in [0.717, 1.165) is 24.4 Å². The summed E-state index contributed by atoms with van der Waals surface area (Å²) in [7, 11) is 0. The zero-order valence-corrected chi connectivity index (χ0v) is 18.7. The first kappa shape index (κ1) is 21.7. The molecule has 1 aromatic heterocycles. The number of carbonyl (C=O) groups excluding carboxylic acids is 1. The molecule has 166 valence electrons. The second-order valence-electron chi connectivity index (χ2n) is 7.97. The van der Waals surface area contributed by atoms with Crippen LogP contribution < -0.4 is 14.4 Å². The lowest BCUT2D eigenvalue weighted by molar-refractivity contribution is -0.133. The van der Waals surface area contributed by atoms with Gasteiger partial charge in [0.25, 0.3) is 5.91 Å². The van der Waals surface area contributed by atoms with Crippen molar-refractivity contribution < 1.29 is 14.3 Å². The number of amides is 1. The standard InChI is InChI=1S/C26H29N3O3/c1-4-16-31-22-10-5-6-11-23(22)32-18-25(30)29-14-12-28(13-15-29)24-17-20(3)21-9-7-8-19(2)26(21)27-24/h4-11,17H,1,12-16,18H2,2-3H3. The molecule has 0 bridgehead atoms. The predicted octanol–water partition coefficient (Wildman–Crippen LogP) is 4.14. The highest BCUT2D eigenvalue weighted by atomic mass is 16.5. The van der Waals surface area contributed by atoms with Gasteiger partial charge >= 0.3 is 0 Å². The van der Waals surface area contributed by atoms with Crippen molar-refractivity contribution in [2.45, 2.75) is 13.8 Å². The lowest BCUT2D eigenvalue weighted by Crippen LogP contribution is -2.50. The predicted molar refractivity (Wildman–Crippen MR) is 128 cm³/mol. The summed E-state index contributed by atoms with van der Waals surface area (Å²) in [5, 5.41) is 1.19. The molecule has 6 nitrogen and oxygen atoms in total. The third-order valence-corrected chi connectivity index (χ3v) is 5.75. The van der Waals surface area contributed by atoms with Gasteiger partial charge in [0, 0.05) is 31.6 Å². The van der Waals surface area contributed by atoms with Gasteiger partial charge in [-0.05, 0) is 43.2 Å². The fourth-order valence-electron chi connectivity index (χ4n) is 3.96. The van der Waals surface area contributed by atoms with E-state index in [1.54, 1.807) is 12.1 Å². The van der Waals surface area contributed by atoms with Gasteiger partial charge in [-0.2, -0.15) is 0 Å². The minimum Gasteiger partial charge on any atom is -0.486 e. The summed E-state index contributed by atoms with van der Waals surface area (Å²) in [5.41, 5.74) is 3.44. The molecule has 6 heteroatoms. The van der Waals surface area contributed by atoms with Gasteiger partial charge in [-0.3, -0.25) is 4.79 Å². The number of aromatic nitrogens is 1. The highest BCUT2D eigenvalue weighted by molar-refractivity contribution is 5.86. The number of rotatable bonds is 7. The number of anilines is 1. The number of hydrogen-bond donors (Lipinski definition) is 0. The molecule has 1 aliphatic rings. The number of benzene rings is 2. The zero-order chi connectivity index (χ0) is 22.5. The molecule has 1 aliphatic heterocycles. The number of ether oxygens (including phenoxy) is 2. The summed E-state index contributed by atoms with van der Waals surface area (Å²) in [6.07, 6.45) is 1.68. The third-order valence-electron chi connectivity index (χ3n) is 5.75. The van der Waals surface area contributed by atoms with Gasteiger partial charge in [-0.15, -0.1) is 0 Å². The lowest BCUT2D eigenvalue weighted by Gasteiger charge is -2.35. The molecule has 0 N–H and O–H groups in total. The normalized spacial score (nSPS) is 13.8. The SMILES string of the molecule is C=CCOc1ccccc1OCC(=O)N1CCN(c2cc(C)c3cccc(C)c3n2)CC1. The summed E-state index contributed by atoms with van der Waals surface area (Å²) in [4.78, 5) is 21.7. The van der Waals surface area contributed by atoms with Crippen LogP contribution in [0.5, 0.6) is 11.5 Å². The van der Waals surface area contributed by atoms with Crippen molar-refractivity contribution in [1.29, 1.82) is 0 Å². The number of nitrogens with zero attached hydrogens (tertiary/aromatic N) is 3. The average molecular weight is 432 g/mol. The first-order chi connectivity index (χ1) is 15.6. The summed E-state index contributed by atoms with van der Waals surface area (Å²) in [5.74, 6) is 2.12. The molecule has 0 spiro atoms. The number of para-hydroxylation sites is 3. The maximum absolute atomic E-state index is 12.7. The summed E-state index contributed by atoms with van der Waals surface area (Å²) < 4.78 is 11.4. The smallest absolute Gasteiger partial charge is 0.260 e. The van der Waals surface area contributed by atoms with E-state index in [2.05, 4.69) is 49.6 Å². The Bertz CT molecular complexity index is 1120. The van der Waals surface area contributed by atoms with E-state index in [9.17, 15) is 4.79 Å². The molecule has 0 saturated carbocycles. The van der Waals surface area contributed by atoms with E-state index in [1.807, 2.05) is 23.1 Å². The molecule has 1 fully saturated rings. The molecule has 2 heterocycles. The van der Waals surface area contributed by atoms with Crippen molar-refractivity contribution in [1.82, 2.24) is 9.88 Å². The van der Waals surface area contributed by atoms with Crippen LogP contribution in [0.25, 0.3) is 10.9 Å². The van der Waals surface area contributed by atoms with E-state index in [0.29, 0.717) is 31.2 Å². The van der Waals surface area contributed by atoms with Crippen LogP contribution in [0.1, 0.15) is 11.1 Å². The monoisotopic (exact) mass is 431 g/mol. The minimum absolute atomic E-state index is 0.0129. The molecular formula is C26H29N3O3. The Labute approximate surface area is 189 Å². The number of aryl methyl sites for hydroxylation is 2. The minimum atomic E-state index is -0.0262. The van der Waals surface area contributed by atoms with E-state index in [1.165, 1.54) is 16.5 Å². The number of piperazine rings is 1. The highest BCUT2D eigenvalue weighted by Gasteiger charge is 2.23. The number of hydrogen-bond acceptors (Lipinski definition) is 5. The molecule has 2 aromatic carbocycles. The molecule has 4 rings (SSSR count). The zero-order valence-electron chi connectivity index (χ0n) is 18.7. The van der Waals surface area contributed by atoms with Crippen LogP contribution in [-0.2, 0) is 4.79 Å². The van der Waals surface area contributed by atoms with Crippen molar-refractivity contribution in [2.24, 2.45) is 0 Å². The fraction of sp³-hybridized carbons (Fsp3) is 0.308. The van der Waals surface area contributed by atoms with Crippen molar-refractivity contribution in [3.05, 3.63) is 72.3 Å². The van der Waals surface area contributed by atoms with Crippen LogP contribution in [0.3, 0.4) is 0 Å². The van der Waals surface area contributed by atoms with Crippen LogP contribution >= 0.6 is 0 Å². The van der Waals surface area contributed by atoms with Gasteiger partial charge in [0.05, 0.1) is 5.52 Å². The van der Waals surface area contributed by atoms with Crippen LogP contribution in [-0.4, -0.2) is 55.2 Å². The van der Waals surface area contributed by atoms with E-state index in [-0.39, 0.29) is 12.5 Å². The van der Waals surface area contributed by atoms with E-state index >= 15 is 0 Å². The van der Waals surface area contributed by atoms with Crippen molar-refractivity contribution in [2.75, 3.05) is 44.3 Å². The summed E-state index contributed by atoms with van der Waals surface area (Å²) in [6.45, 7) is 11.0. The molecule has 3 aromatic rings. The van der Waals surface area contributed by atoms with E-state index < -0.39 is 0 Å². The van der Waals surface area contributed by atoms with Crippen LogP contribution in [0, 0.1) is 13.8 Å². The molecular weight excluding hydrogens is 402 g/mol. The maximum atomic E-state index is 12.7. The van der Waals surface area contributed by atoms with Crippen LogP contribution in [0.15, 0.2) is 61.2 Å². The van der Waals surface area contributed by atoms with Gasteiger partial charge in [-0.25, -0.2) is 4.98 Å². The number of carbonyl (C=O) groups is 1. The molecule has 1 amide bonds. The Balaban J connectivity index is 1.36. The van der Waals surface area contributed by atoms with Crippen LogP contribution in [0.4, 0.5) is 5.82 Å². The Morgan fingerprint density at radius 3 is 2.44 bits per heavy atom. The molecule has 0 aliphatic carbocycles. The molecule has 1 saturated heterocycles. The number of pyridine rings is 1. The largest absolute Gasteiger partial charge is 0.486 e. The third kappa shape index (κ3) is 4.69. The first-order valence-corrected chi connectivity index (χ1v) is 10.9. The van der Waals surface area contributed by atoms with Crippen molar-refractivity contribution >= 4 is 22.6 Å². The van der Waals surface area contributed by atoms with Crippen LogP contribution in [0.2, 0.25) is 0 Å². The van der Waals surface area contributed by atoms with Gasteiger partial charge in [-0.1, -0.05) is 43.0 Å². The molecule has 0 radical (unpaired) electrons. The van der Waals surface area contributed by atoms with Crippen molar-refractivity contribution in [3.63, 3.8) is 0 Å². The summed E-state index contributed by atoms with van der Waals surface area (Å²) >= 11 is 0. The topological polar surface area (TPSA) is 54.9 Å². The fourth-order valence-corrected chi connectivity index (χ4v) is 3.96. The van der Waals surface area contributed by atoms with Gasteiger partial charge in [0.15, 0.2) is 18.1 Å². The average Bonchev–Trinajstić information content (AvgIpc) is 2.82. The molecule has 32 heavy (non-hydrogen) atoms. The second kappa shape index (κ2) is 9.73. The van der Waals surface area contributed by atoms with E-state index in [4.69, 9.17) is 14.5 Å². The summed E-state index contributed by atoms with van der Waals surface area (Å²) in [6, 6.07) is 15.8. The van der Waals surface area contributed by atoms with Gasteiger partial charge in [0.2, 0.25) is 0 Å². The maximum Gasteiger partial charge on any atom is 0.260 e. The number of fused-ring (bicyclic) bond motifs is 1. The molecule has 0 atom stereocenters. The van der Waals surface area contributed by atoms with Gasteiger partial charge in [0.1, 0.15) is 12.4 Å². The first-order valence-electron chi connectivity index (χ1n) is 10.9. The quantitative estimate of drug-likeness (QED) is 0.526. The Hall–Kier alpha value is -3.54.